The molecule has 2 N–H and O–H groups in total. The minimum Gasteiger partial charge on any atom is -0.372 e. The first-order chi connectivity index (χ1) is 13.2. The van der Waals surface area contributed by atoms with Gasteiger partial charge in [0.1, 0.15) is 0 Å². The van der Waals surface area contributed by atoms with Gasteiger partial charge in [-0.1, -0.05) is 18.2 Å². The van der Waals surface area contributed by atoms with Crippen molar-refractivity contribution in [2.24, 2.45) is 10.9 Å². The van der Waals surface area contributed by atoms with Gasteiger partial charge in [-0.25, -0.2) is 0 Å². The van der Waals surface area contributed by atoms with E-state index in [9.17, 15) is 4.79 Å². The van der Waals surface area contributed by atoms with Crippen molar-refractivity contribution in [3.8, 4) is 0 Å². The van der Waals surface area contributed by atoms with Gasteiger partial charge in [-0.05, 0) is 44.2 Å². The van der Waals surface area contributed by atoms with E-state index in [1.807, 2.05) is 7.05 Å². The first kappa shape index (κ1) is 24.5. The van der Waals surface area contributed by atoms with Crippen LogP contribution in [0.25, 0.3) is 0 Å². The van der Waals surface area contributed by atoms with Crippen LogP contribution in [0.4, 0.5) is 5.69 Å². The first-order valence-electron chi connectivity index (χ1n) is 10.1. The molecule has 0 saturated carbocycles. The summed E-state index contributed by atoms with van der Waals surface area (Å²) in [5.41, 5.74) is 1.28. The van der Waals surface area contributed by atoms with E-state index in [-0.39, 0.29) is 29.9 Å². The molecule has 1 fully saturated rings. The summed E-state index contributed by atoms with van der Waals surface area (Å²) in [6.07, 6.45) is 3.80. The van der Waals surface area contributed by atoms with Crippen LogP contribution in [-0.4, -0.2) is 63.6 Å². The van der Waals surface area contributed by atoms with Crippen molar-refractivity contribution in [3.63, 3.8) is 0 Å². The second kappa shape index (κ2) is 13.6. The van der Waals surface area contributed by atoms with Crippen molar-refractivity contribution in [1.82, 2.24) is 15.5 Å². The molecule has 2 rings (SSSR count). The summed E-state index contributed by atoms with van der Waals surface area (Å²) >= 11 is 0. The maximum Gasteiger partial charge on any atom is 0.220 e. The Balaban J connectivity index is 0.00000392. The number of halogens is 1. The average molecular weight is 501 g/mol. The second-order valence-corrected chi connectivity index (χ2v) is 7.05. The largest absolute Gasteiger partial charge is 0.372 e. The molecule has 158 valence electrons. The number of benzene rings is 1. The lowest BCUT2D eigenvalue weighted by Gasteiger charge is -2.34. The fraction of sp³-hybridized carbons (Fsp3) is 0.619. The van der Waals surface area contributed by atoms with Crippen LogP contribution in [0.1, 0.15) is 32.6 Å². The summed E-state index contributed by atoms with van der Waals surface area (Å²) < 4.78 is 0. The average Bonchev–Trinajstić information content (AvgIpc) is 2.72. The quantitative estimate of drug-likeness (QED) is 0.249. The van der Waals surface area contributed by atoms with Crippen LogP contribution in [0.5, 0.6) is 0 Å². The number of piperidine rings is 1. The maximum atomic E-state index is 11.5. The number of guanidine groups is 1. The van der Waals surface area contributed by atoms with Crippen molar-refractivity contribution < 1.29 is 4.79 Å². The molecule has 1 saturated heterocycles. The van der Waals surface area contributed by atoms with Gasteiger partial charge in [0.25, 0.3) is 0 Å². The summed E-state index contributed by atoms with van der Waals surface area (Å²) in [5.74, 6) is 1.62. The molecular formula is C21H36IN5O. The van der Waals surface area contributed by atoms with Gasteiger partial charge in [-0.15, -0.1) is 24.0 Å². The molecule has 0 bridgehead atoms. The zero-order valence-electron chi connectivity index (χ0n) is 17.5. The number of hydrogen-bond acceptors (Lipinski definition) is 3. The summed E-state index contributed by atoms with van der Waals surface area (Å²) in [7, 11) is 3.56. The standard InChI is InChI=1S/C21H35N5O.HI/c1-4-25(19-9-6-5-7-10-19)14-8-13-24-21(23-3)26-15-11-18(12-16-26)17-20(27)22-2;/h5-7,9-10,18H,4,8,11-17H2,1-3H3,(H,22,27)(H,23,24);1H. The van der Waals surface area contributed by atoms with Crippen molar-refractivity contribution >= 4 is 41.5 Å². The Bertz CT molecular complexity index is 588. The number of rotatable bonds is 8. The number of nitrogens with one attached hydrogen (secondary N) is 2. The third-order valence-electron chi connectivity index (χ3n) is 5.27. The molecule has 0 spiro atoms. The summed E-state index contributed by atoms with van der Waals surface area (Å²) in [6, 6.07) is 10.6. The molecular weight excluding hydrogens is 465 g/mol. The van der Waals surface area contributed by atoms with Crippen LogP contribution in [0.3, 0.4) is 0 Å². The van der Waals surface area contributed by atoms with Crippen LogP contribution in [0.15, 0.2) is 35.3 Å². The van der Waals surface area contributed by atoms with Crippen molar-refractivity contribution in [2.45, 2.75) is 32.6 Å². The molecule has 7 heteroatoms. The van der Waals surface area contributed by atoms with Gasteiger partial charge in [0.05, 0.1) is 0 Å². The lowest BCUT2D eigenvalue weighted by atomic mass is 9.93. The van der Waals surface area contributed by atoms with E-state index in [4.69, 9.17) is 0 Å². The molecule has 1 heterocycles. The predicted octanol–water partition coefficient (Wildman–Crippen LogP) is 2.94. The van der Waals surface area contributed by atoms with Gasteiger partial charge in [0, 0.05) is 58.9 Å². The highest BCUT2D eigenvalue weighted by Gasteiger charge is 2.22. The maximum absolute atomic E-state index is 11.5. The highest BCUT2D eigenvalue weighted by Crippen LogP contribution is 2.20. The topological polar surface area (TPSA) is 60.0 Å². The van der Waals surface area contributed by atoms with E-state index in [1.165, 1.54) is 5.69 Å². The van der Waals surface area contributed by atoms with Gasteiger partial charge in [-0.3, -0.25) is 9.79 Å². The number of aliphatic imine (C=N–C) groups is 1. The number of para-hydroxylation sites is 1. The van der Waals surface area contributed by atoms with Gasteiger partial charge < -0.3 is 20.4 Å². The molecule has 1 aromatic carbocycles. The zero-order chi connectivity index (χ0) is 19.5. The molecule has 1 aliphatic rings. The predicted molar refractivity (Wildman–Crippen MR) is 129 cm³/mol. The number of hydrogen-bond donors (Lipinski definition) is 2. The summed E-state index contributed by atoms with van der Waals surface area (Å²) in [6.45, 7) is 7.08. The number of anilines is 1. The van der Waals surface area contributed by atoms with Gasteiger partial charge in [-0.2, -0.15) is 0 Å². The lowest BCUT2D eigenvalue weighted by Crippen LogP contribution is -2.46. The molecule has 1 amide bonds. The lowest BCUT2D eigenvalue weighted by molar-refractivity contribution is -0.121. The number of carbonyl (C=O) groups excluding carboxylic acids is 1. The van der Waals surface area contributed by atoms with E-state index in [0.29, 0.717) is 12.3 Å². The van der Waals surface area contributed by atoms with E-state index in [1.54, 1.807) is 7.05 Å². The number of carbonyl (C=O) groups is 1. The van der Waals surface area contributed by atoms with Crippen LogP contribution in [0.2, 0.25) is 0 Å². The third kappa shape index (κ3) is 7.85. The van der Waals surface area contributed by atoms with E-state index >= 15 is 0 Å². The van der Waals surface area contributed by atoms with Gasteiger partial charge >= 0.3 is 0 Å². The van der Waals surface area contributed by atoms with E-state index < -0.39 is 0 Å². The van der Waals surface area contributed by atoms with Crippen molar-refractivity contribution in [1.29, 1.82) is 0 Å². The monoisotopic (exact) mass is 501 g/mol. The molecule has 0 aliphatic carbocycles. The Hall–Kier alpha value is -1.51. The van der Waals surface area contributed by atoms with Crippen molar-refractivity contribution in [2.75, 3.05) is 51.7 Å². The highest BCUT2D eigenvalue weighted by molar-refractivity contribution is 14.0. The Morgan fingerprint density at radius 3 is 2.50 bits per heavy atom. The Morgan fingerprint density at radius 1 is 1.25 bits per heavy atom. The Morgan fingerprint density at radius 2 is 1.93 bits per heavy atom. The molecule has 0 atom stereocenters. The summed E-state index contributed by atoms with van der Waals surface area (Å²) in [5, 5.41) is 6.23. The number of nitrogens with zero attached hydrogens (tertiary/aromatic N) is 3. The van der Waals surface area contributed by atoms with Crippen LogP contribution in [-0.2, 0) is 4.79 Å². The number of likely N-dealkylation sites (tertiary alicyclic amines) is 1. The highest BCUT2D eigenvalue weighted by atomic mass is 127. The third-order valence-corrected chi connectivity index (χ3v) is 5.27. The minimum atomic E-state index is 0. The smallest absolute Gasteiger partial charge is 0.220 e. The molecule has 0 unspecified atom stereocenters. The van der Waals surface area contributed by atoms with Crippen LogP contribution in [0, 0.1) is 5.92 Å². The molecule has 28 heavy (non-hydrogen) atoms. The first-order valence-corrected chi connectivity index (χ1v) is 10.1. The molecule has 0 aromatic heterocycles. The second-order valence-electron chi connectivity index (χ2n) is 7.05. The normalized spacial score (nSPS) is 15.0. The summed E-state index contributed by atoms with van der Waals surface area (Å²) in [4.78, 5) is 20.7. The van der Waals surface area contributed by atoms with Crippen LogP contribution >= 0.6 is 24.0 Å². The Labute approximate surface area is 187 Å². The number of amides is 1. The van der Waals surface area contributed by atoms with Crippen LogP contribution < -0.4 is 15.5 Å². The molecule has 1 aliphatic heterocycles. The fourth-order valence-corrected chi connectivity index (χ4v) is 3.62. The fourth-order valence-electron chi connectivity index (χ4n) is 3.62. The molecule has 1 aromatic rings. The molecule has 0 radical (unpaired) electrons. The van der Waals surface area contributed by atoms with Crippen molar-refractivity contribution in [3.05, 3.63) is 30.3 Å². The van der Waals surface area contributed by atoms with E-state index in [0.717, 1.165) is 57.9 Å². The molecule has 6 nitrogen and oxygen atoms in total. The minimum absolute atomic E-state index is 0. The zero-order valence-corrected chi connectivity index (χ0v) is 19.8. The van der Waals surface area contributed by atoms with Gasteiger partial charge in [0.15, 0.2) is 5.96 Å². The Kier molecular flexibility index (Phi) is 11.9. The SMILES string of the molecule is CCN(CCCNC(=NC)N1CCC(CC(=O)NC)CC1)c1ccccc1.I. The van der Waals surface area contributed by atoms with Gasteiger partial charge in [0.2, 0.25) is 5.91 Å². The van der Waals surface area contributed by atoms with E-state index in [2.05, 4.69) is 62.7 Å².